The molecule has 0 saturated carbocycles. The Labute approximate surface area is 81.8 Å². The third-order valence-corrected chi connectivity index (χ3v) is 2.95. The first-order chi connectivity index (χ1) is 5.98. The number of hydrogen-bond donors (Lipinski definition) is 0. The number of hydrogen-bond acceptors (Lipinski definition) is 1. The number of nitrogens with zero attached hydrogens (tertiary/aromatic N) is 1. The fraction of sp³-hybridized carbons (Fsp3) is 0.636. The highest BCUT2D eigenvalue weighted by atomic mass is 15.1. The highest BCUT2D eigenvalue weighted by Gasteiger charge is 2.33. The van der Waals surface area contributed by atoms with Crippen molar-refractivity contribution < 1.29 is 0 Å². The lowest BCUT2D eigenvalue weighted by Gasteiger charge is -2.31. The molecule has 0 aromatic carbocycles. The second-order valence-corrected chi connectivity index (χ2v) is 5.06. The largest absolute Gasteiger partial charge is 0.334 e. The summed E-state index contributed by atoms with van der Waals surface area (Å²) in [4.78, 5) is 2.43. The van der Waals surface area contributed by atoms with Crippen molar-refractivity contribution in [3.63, 3.8) is 0 Å². The van der Waals surface area contributed by atoms with Crippen LogP contribution in [0.15, 0.2) is 22.7 Å². The Hall–Kier alpha value is -0.495. The van der Waals surface area contributed by atoms with Gasteiger partial charge >= 0.3 is 0 Å². The van der Waals surface area contributed by atoms with Crippen molar-refractivity contribution in [2.75, 3.05) is 6.54 Å². The average molecular weight is 174 g/mol. The van der Waals surface area contributed by atoms with Gasteiger partial charge in [-0.3, -0.25) is 0 Å². The first kappa shape index (κ1) is 9.08. The Morgan fingerprint density at radius 3 is 2.62 bits per heavy atom. The molecule has 1 aliphatic heterocycles. The zero-order valence-corrected chi connectivity index (χ0v) is 9.02. The molecule has 0 spiro atoms. The van der Waals surface area contributed by atoms with Crippen molar-refractivity contribution in [2.45, 2.75) is 39.7 Å². The standard InChI is InChI=1S/C11H17BN/c1-8-5-6-9-7-13(11(2,3)4)12-10(8)9/h6H,5,7H2,1-4H3. The van der Waals surface area contributed by atoms with E-state index in [1.54, 1.807) is 0 Å². The molecule has 0 unspecified atom stereocenters. The quantitative estimate of drug-likeness (QED) is 0.509. The van der Waals surface area contributed by atoms with Gasteiger partial charge in [0.2, 0.25) is 7.41 Å². The van der Waals surface area contributed by atoms with Gasteiger partial charge in [-0.1, -0.05) is 17.1 Å². The van der Waals surface area contributed by atoms with Crippen LogP contribution in [-0.4, -0.2) is 24.3 Å². The molecule has 0 aromatic heterocycles. The van der Waals surface area contributed by atoms with E-state index in [-0.39, 0.29) is 5.54 Å². The van der Waals surface area contributed by atoms with Gasteiger partial charge in [-0.15, -0.1) is 0 Å². The van der Waals surface area contributed by atoms with Crippen molar-refractivity contribution in [3.8, 4) is 0 Å². The predicted octanol–water partition coefficient (Wildman–Crippen LogP) is 2.32. The molecule has 0 N–H and O–H groups in total. The summed E-state index contributed by atoms with van der Waals surface area (Å²) in [5.74, 6) is 0. The second-order valence-electron chi connectivity index (χ2n) is 5.06. The molecule has 0 aromatic rings. The Kier molecular flexibility index (Phi) is 1.92. The van der Waals surface area contributed by atoms with Gasteiger partial charge < -0.3 is 4.81 Å². The molecule has 0 bridgehead atoms. The molecule has 1 aliphatic carbocycles. The first-order valence-electron chi connectivity index (χ1n) is 4.99. The molecule has 2 rings (SSSR count). The van der Waals surface area contributed by atoms with Gasteiger partial charge in [0.25, 0.3) is 0 Å². The fourth-order valence-corrected chi connectivity index (χ4v) is 1.93. The Morgan fingerprint density at radius 2 is 2.08 bits per heavy atom. The van der Waals surface area contributed by atoms with Gasteiger partial charge in [0.1, 0.15) is 0 Å². The molecule has 2 heteroatoms. The molecule has 2 aliphatic rings. The van der Waals surface area contributed by atoms with Crippen molar-refractivity contribution >= 4 is 7.41 Å². The normalized spacial score (nSPS) is 23.2. The molecule has 1 fully saturated rings. The number of fused-ring (bicyclic) bond motifs is 1. The van der Waals surface area contributed by atoms with E-state index >= 15 is 0 Å². The predicted molar refractivity (Wildman–Crippen MR) is 57.6 cm³/mol. The van der Waals surface area contributed by atoms with E-state index in [0.717, 1.165) is 6.54 Å². The van der Waals surface area contributed by atoms with Crippen molar-refractivity contribution in [2.24, 2.45) is 0 Å². The van der Waals surface area contributed by atoms with Crippen LogP contribution in [0.4, 0.5) is 0 Å². The van der Waals surface area contributed by atoms with E-state index in [9.17, 15) is 0 Å². The molecule has 0 atom stereocenters. The monoisotopic (exact) mass is 174 g/mol. The molecule has 69 valence electrons. The zero-order chi connectivity index (χ0) is 9.64. The highest BCUT2D eigenvalue weighted by Crippen LogP contribution is 2.33. The first-order valence-corrected chi connectivity index (χ1v) is 4.99. The van der Waals surface area contributed by atoms with E-state index in [2.05, 4.69) is 46.0 Å². The van der Waals surface area contributed by atoms with Gasteiger partial charge in [-0.05, 0) is 39.7 Å². The van der Waals surface area contributed by atoms with Crippen molar-refractivity contribution in [3.05, 3.63) is 22.7 Å². The summed E-state index contributed by atoms with van der Waals surface area (Å²) in [7, 11) is 2.33. The maximum Gasteiger partial charge on any atom is 0.248 e. The minimum atomic E-state index is 0.262. The van der Waals surface area contributed by atoms with E-state index in [0.29, 0.717) is 0 Å². The molecule has 13 heavy (non-hydrogen) atoms. The summed E-state index contributed by atoms with van der Waals surface area (Å²) >= 11 is 0. The van der Waals surface area contributed by atoms with E-state index in [1.807, 2.05) is 0 Å². The Morgan fingerprint density at radius 1 is 1.38 bits per heavy atom. The number of rotatable bonds is 0. The fourth-order valence-electron chi connectivity index (χ4n) is 1.93. The van der Waals surface area contributed by atoms with E-state index in [4.69, 9.17) is 0 Å². The van der Waals surface area contributed by atoms with Crippen LogP contribution in [0, 0.1) is 0 Å². The molecule has 1 radical (unpaired) electrons. The van der Waals surface area contributed by atoms with Gasteiger partial charge in [0.05, 0.1) is 0 Å². The summed E-state index contributed by atoms with van der Waals surface area (Å²) in [6.45, 7) is 10.1. The molecular weight excluding hydrogens is 157 g/mol. The minimum absolute atomic E-state index is 0.262. The molecule has 1 nitrogen and oxygen atoms in total. The second kappa shape index (κ2) is 2.75. The summed E-state index contributed by atoms with van der Waals surface area (Å²) in [5.41, 5.74) is 4.82. The van der Waals surface area contributed by atoms with Gasteiger partial charge in [0, 0.05) is 12.1 Å². The third-order valence-electron chi connectivity index (χ3n) is 2.95. The van der Waals surface area contributed by atoms with Crippen LogP contribution < -0.4 is 0 Å². The molecule has 0 amide bonds. The van der Waals surface area contributed by atoms with Crippen LogP contribution in [-0.2, 0) is 0 Å². The van der Waals surface area contributed by atoms with Gasteiger partial charge in [-0.2, -0.15) is 0 Å². The summed E-state index contributed by atoms with van der Waals surface area (Å²) in [6.07, 6.45) is 3.53. The van der Waals surface area contributed by atoms with Crippen LogP contribution in [0.3, 0.4) is 0 Å². The number of allylic oxidation sites excluding steroid dienone is 2. The Bertz CT molecular complexity index is 294. The summed E-state index contributed by atoms with van der Waals surface area (Å²) < 4.78 is 0. The zero-order valence-electron chi connectivity index (χ0n) is 9.02. The topological polar surface area (TPSA) is 3.24 Å². The summed E-state index contributed by atoms with van der Waals surface area (Å²) in [6, 6.07) is 0. The lowest BCUT2D eigenvalue weighted by atomic mass is 9.78. The maximum absolute atomic E-state index is 2.43. The van der Waals surface area contributed by atoms with Crippen LogP contribution in [0.25, 0.3) is 0 Å². The smallest absolute Gasteiger partial charge is 0.248 e. The van der Waals surface area contributed by atoms with Crippen LogP contribution in [0.2, 0.25) is 0 Å². The van der Waals surface area contributed by atoms with Crippen LogP contribution >= 0.6 is 0 Å². The molecular formula is C11H17BN. The molecule has 1 heterocycles. The van der Waals surface area contributed by atoms with Crippen LogP contribution in [0.1, 0.15) is 34.1 Å². The van der Waals surface area contributed by atoms with E-state index < -0.39 is 0 Å². The highest BCUT2D eigenvalue weighted by molar-refractivity contribution is 6.46. The van der Waals surface area contributed by atoms with Crippen molar-refractivity contribution in [1.29, 1.82) is 0 Å². The summed E-state index contributed by atoms with van der Waals surface area (Å²) in [5, 5.41) is 0. The van der Waals surface area contributed by atoms with Crippen molar-refractivity contribution in [1.82, 2.24) is 4.81 Å². The maximum atomic E-state index is 2.43. The lowest BCUT2D eigenvalue weighted by molar-refractivity contribution is 0.282. The molecule has 1 saturated heterocycles. The minimum Gasteiger partial charge on any atom is -0.334 e. The van der Waals surface area contributed by atoms with E-state index in [1.165, 1.54) is 23.0 Å². The Balaban J connectivity index is 2.20. The lowest BCUT2D eigenvalue weighted by Crippen LogP contribution is -2.40. The third kappa shape index (κ3) is 1.48. The SMILES string of the molecule is CC1=C2[B]N(C(C)(C)C)CC2=CC1. The van der Waals surface area contributed by atoms with Crippen LogP contribution in [0.5, 0.6) is 0 Å². The average Bonchev–Trinajstić information content (AvgIpc) is 2.51. The van der Waals surface area contributed by atoms with Gasteiger partial charge in [-0.25, -0.2) is 0 Å². The van der Waals surface area contributed by atoms with Gasteiger partial charge in [0.15, 0.2) is 0 Å².